The predicted octanol–water partition coefficient (Wildman–Crippen LogP) is 3.72. The van der Waals surface area contributed by atoms with E-state index in [4.69, 9.17) is 0 Å². The highest BCUT2D eigenvalue weighted by atomic mass is 79.9. The Morgan fingerprint density at radius 2 is 2.22 bits per heavy atom. The maximum absolute atomic E-state index is 3.62. The van der Waals surface area contributed by atoms with Gasteiger partial charge in [-0.3, -0.25) is 0 Å². The molecule has 1 saturated heterocycles. The van der Waals surface area contributed by atoms with Gasteiger partial charge in [0.25, 0.3) is 0 Å². The van der Waals surface area contributed by atoms with Gasteiger partial charge in [0.1, 0.15) is 0 Å². The molecule has 2 aliphatic rings. The molecule has 0 spiro atoms. The molecular weight excluding hydrogens is 288 g/mol. The van der Waals surface area contributed by atoms with E-state index in [-0.39, 0.29) is 0 Å². The number of piperidine rings is 1. The first-order valence-corrected chi connectivity index (χ1v) is 7.71. The highest BCUT2D eigenvalue weighted by Gasteiger charge is 2.38. The number of nitrogens with zero attached hydrogens (tertiary/aromatic N) is 1. The van der Waals surface area contributed by atoms with Crippen LogP contribution in [0.25, 0.3) is 0 Å². The Hall–Kier alpha value is -0.540. The second-order valence-corrected chi connectivity index (χ2v) is 6.61. The highest BCUT2D eigenvalue weighted by molar-refractivity contribution is 9.10. The molecule has 3 atom stereocenters. The first kappa shape index (κ1) is 12.5. The van der Waals surface area contributed by atoms with Gasteiger partial charge in [-0.2, -0.15) is 0 Å². The van der Waals surface area contributed by atoms with E-state index in [1.807, 2.05) is 7.05 Å². The van der Waals surface area contributed by atoms with Crippen molar-refractivity contribution >= 4 is 21.6 Å². The quantitative estimate of drug-likeness (QED) is 0.915. The smallest absolute Gasteiger partial charge is 0.0428 e. The molecule has 1 aliphatic carbocycles. The molecule has 3 unspecified atom stereocenters. The maximum Gasteiger partial charge on any atom is 0.0428 e. The van der Waals surface area contributed by atoms with E-state index < -0.39 is 0 Å². The first-order chi connectivity index (χ1) is 8.69. The van der Waals surface area contributed by atoms with Gasteiger partial charge in [-0.05, 0) is 56.8 Å². The summed E-state index contributed by atoms with van der Waals surface area (Å²) in [6.07, 6.45) is 4.22. The Morgan fingerprint density at radius 3 is 2.83 bits per heavy atom. The Kier molecular flexibility index (Phi) is 3.37. The fraction of sp³-hybridized carbons (Fsp3) is 0.600. The topological polar surface area (TPSA) is 15.3 Å². The Labute approximate surface area is 118 Å². The summed E-state index contributed by atoms with van der Waals surface area (Å²) in [5, 5.41) is 3.37. The number of hydrogen-bond donors (Lipinski definition) is 1. The summed E-state index contributed by atoms with van der Waals surface area (Å²) in [4.78, 5) is 2.64. The van der Waals surface area contributed by atoms with Crippen LogP contribution in [0.1, 0.15) is 37.8 Å². The minimum absolute atomic E-state index is 0.409. The van der Waals surface area contributed by atoms with E-state index >= 15 is 0 Å². The van der Waals surface area contributed by atoms with Crippen LogP contribution in [0.15, 0.2) is 22.7 Å². The molecule has 18 heavy (non-hydrogen) atoms. The van der Waals surface area contributed by atoms with Crippen molar-refractivity contribution in [3.8, 4) is 0 Å². The van der Waals surface area contributed by atoms with Gasteiger partial charge in [0.2, 0.25) is 0 Å². The van der Waals surface area contributed by atoms with Crippen molar-refractivity contribution in [2.24, 2.45) is 5.92 Å². The Morgan fingerprint density at radius 1 is 1.39 bits per heavy atom. The molecule has 2 fully saturated rings. The van der Waals surface area contributed by atoms with Gasteiger partial charge in [0.05, 0.1) is 0 Å². The summed E-state index contributed by atoms with van der Waals surface area (Å²) >= 11 is 3.62. The fourth-order valence-corrected chi connectivity index (χ4v) is 3.86. The van der Waals surface area contributed by atoms with Crippen LogP contribution < -0.4 is 10.2 Å². The van der Waals surface area contributed by atoms with E-state index in [1.165, 1.54) is 41.5 Å². The summed E-state index contributed by atoms with van der Waals surface area (Å²) in [7, 11) is 2.03. The van der Waals surface area contributed by atoms with E-state index in [1.54, 1.807) is 0 Å². The second kappa shape index (κ2) is 4.86. The van der Waals surface area contributed by atoms with Crippen molar-refractivity contribution < 1.29 is 0 Å². The van der Waals surface area contributed by atoms with Crippen molar-refractivity contribution in [1.82, 2.24) is 5.32 Å². The van der Waals surface area contributed by atoms with Gasteiger partial charge >= 0.3 is 0 Å². The lowest BCUT2D eigenvalue weighted by Gasteiger charge is -2.32. The molecule has 1 aromatic carbocycles. The molecule has 98 valence electrons. The van der Waals surface area contributed by atoms with E-state index in [0.717, 1.165) is 12.0 Å². The molecule has 2 nitrogen and oxygen atoms in total. The van der Waals surface area contributed by atoms with Crippen LogP contribution in [0.3, 0.4) is 0 Å². The third-order valence-corrected chi connectivity index (χ3v) is 5.10. The molecule has 0 aromatic heterocycles. The van der Waals surface area contributed by atoms with E-state index in [9.17, 15) is 0 Å². The lowest BCUT2D eigenvalue weighted by atomic mass is 10.0. The van der Waals surface area contributed by atoms with Crippen molar-refractivity contribution in [2.45, 2.75) is 38.3 Å². The van der Waals surface area contributed by atoms with Crippen LogP contribution >= 0.6 is 15.9 Å². The summed E-state index contributed by atoms with van der Waals surface area (Å²) in [6, 6.07) is 7.90. The number of fused-ring (bicyclic) bond motifs is 2. The van der Waals surface area contributed by atoms with Crippen LogP contribution in [0.4, 0.5) is 5.69 Å². The minimum Gasteiger partial charge on any atom is -0.368 e. The number of rotatable bonds is 3. The van der Waals surface area contributed by atoms with Crippen molar-refractivity contribution in [2.75, 3.05) is 18.5 Å². The number of benzene rings is 1. The summed E-state index contributed by atoms with van der Waals surface area (Å²) in [5.41, 5.74) is 2.85. The average molecular weight is 309 g/mol. The first-order valence-electron chi connectivity index (χ1n) is 6.92. The lowest BCUT2D eigenvalue weighted by molar-refractivity contribution is 0.549. The molecule has 1 aromatic rings. The van der Waals surface area contributed by atoms with E-state index in [2.05, 4.69) is 51.3 Å². The number of nitrogens with one attached hydrogen (secondary N) is 1. The third kappa shape index (κ3) is 2.08. The second-order valence-electron chi connectivity index (χ2n) is 5.70. The molecule has 1 heterocycles. The fourth-order valence-electron chi connectivity index (χ4n) is 3.51. The van der Waals surface area contributed by atoms with Crippen LogP contribution in [0, 0.1) is 5.92 Å². The van der Waals surface area contributed by atoms with Gasteiger partial charge in [0.15, 0.2) is 0 Å². The average Bonchev–Trinajstić information content (AvgIpc) is 3.00. The molecule has 3 heteroatoms. The minimum atomic E-state index is 0.409. The molecular formula is C15H21BrN2. The van der Waals surface area contributed by atoms with Gasteiger partial charge in [-0.1, -0.05) is 22.0 Å². The molecule has 1 aliphatic heterocycles. The molecule has 2 bridgehead atoms. The van der Waals surface area contributed by atoms with Crippen molar-refractivity contribution in [3.05, 3.63) is 28.2 Å². The lowest BCUT2D eigenvalue weighted by Crippen LogP contribution is -2.33. The van der Waals surface area contributed by atoms with Crippen molar-refractivity contribution in [3.63, 3.8) is 0 Å². The zero-order valence-electron chi connectivity index (χ0n) is 11.1. The Bertz CT molecular complexity index is 446. The number of hydrogen-bond acceptors (Lipinski definition) is 2. The molecule has 3 rings (SSSR count). The highest BCUT2D eigenvalue weighted by Crippen LogP contribution is 2.42. The van der Waals surface area contributed by atoms with Gasteiger partial charge in [-0.15, -0.1) is 0 Å². The van der Waals surface area contributed by atoms with Crippen molar-refractivity contribution in [1.29, 1.82) is 0 Å². The normalized spacial score (nSPS) is 27.8. The van der Waals surface area contributed by atoms with Gasteiger partial charge in [-0.25, -0.2) is 0 Å². The van der Waals surface area contributed by atoms with E-state index in [0.29, 0.717) is 6.04 Å². The molecule has 0 radical (unpaired) electrons. The third-order valence-electron chi connectivity index (χ3n) is 4.61. The predicted molar refractivity (Wildman–Crippen MR) is 80.1 cm³/mol. The summed E-state index contributed by atoms with van der Waals surface area (Å²) in [5.74, 6) is 0.937. The standard InChI is InChI=1S/C15H21BrN2/c1-10(17-2)14-6-4-12(16)8-15(14)18-9-11-3-5-13(18)7-11/h4,6,8,10-11,13,17H,3,5,7,9H2,1-2H3. The summed E-state index contributed by atoms with van der Waals surface area (Å²) < 4.78 is 1.19. The molecule has 1 saturated carbocycles. The molecule has 0 amide bonds. The zero-order valence-corrected chi connectivity index (χ0v) is 12.7. The zero-order chi connectivity index (χ0) is 12.7. The van der Waals surface area contributed by atoms with Gasteiger partial charge < -0.3 is 10.2 Å². The maximum atomic E-state index is 3.62. The SMILES string of the molecule is CNC(C)c1ccc(Br)cc1N1CC2CCC1C2. The van der Waals surface area contributed by atoms with Crippen LogP contribution in [0.5, 0.6) is 0 Å². The van der Waals surface area contributed by atoms with Gasteiger partial charge in [0, 0.05) is 28.8 Å². The summed E-state index contributed by atoms with van der Waals surface area (Å²) in [6.45, 7) is 3.49. The number of anilines is 1. The van der Waals surface area contributed by atoms with Crippen LogP contribution in [-0.4, -0.2) is 19.6 Å². The Balaban J connectivity index is 1.97. The van der Waals surface area contributed by atoms with Crippen LogP contribution in [0.2, 0.25) is 0 Å². The largest absolute Gasteiger partial charge is 0.368 e. The van der Waals surface area contributed by atoms with Crippen LogP contribution in [-0.2, 0) is 0 Å². The molecule has 1 N–H and O–H groups in total. The monoisotopic (exact) mass is 308 g/mol. The number of halogens is 1.